The Bertz CT molecular complexity index is 413. The van der Waals surface area contributed by atoms with Crippen LogP contribution in [0.2, 0.25) is 0 Å². The summed E-state index contributed by atoms with van der Waals surface area (Å²) in [6, 6.07) is 0. The van der Waals surface area contributed by atoms with Crippen molar-refractivity contribution in [2.45, 2.75) is 63.6 Å². The Balaban J connectivity index is 5.78. The number of rotatable bonds is 8. The molecule has 0 spiro atoms. The van der Waals surface area contributed by atoms with Crippen LogP contribution >= 0.6 is 0 Å². The lowest BCUT2D eigenvalue weighted by atomic mass is 9.68. The molecule has 5 unspecified atom stereocenters. The molecule has 0 aliphatic rings. The van der Waals surface area contributed by atoms with Gasteiger partial charge in [-0.05, 0) is 27.7 Å². The van der Waals surface area contributed by atoms with Crippen LogP contribution < -0.4 is 0 Å². The fraction of sp³-hybridized carbons (Fsp3) is 0.857. The summed E-state index contributed by atoms with van der Waals surface area (Å²) in [5.74, 6) is -1.53. The Labute approximate surface area is 129 Å². The zero-order valence-electron chi connectivity index (χ0n) is 13.8. The molecule has 0 bridgehead atoms. The highest BCUT2D eigenvalue weighted by Gasteiger charge is 2.61. The highest BCUT2D eigenvalue weighted by molar-refractivity contribution is 5.81. The van der Waals surface area contributed by atoms with Gasteiger partial charge in [0.05, 0.1) is 6.61 Å². The molecule has 0 saturated carbocycles. The Hall–Kier alpha value is -1.06. The van der Waals surface area contributed by atoms with Crippen molar-refractivity contribution in [2.75, 3.05) is 13.7 Å². The van der Waals surface area contributed by atoms with Gasteiger partial charge in [0.2, 0.25) is 0 Å². The lowest BCUT2D eigenvalue weighted by Crippen LogP contribution is -2.73. The second-order valence-corrected chi connectivity index (χ2v) is 5.93. The topological polar surface area (TPSA) is 134 Å². The Morgan fingerprint density at radius 1 is 1.05 bits per heavy atom. The first-order valence-electron chi connectivity index (χ1n) is 6.75. The number of esters is 1. The number of hydrogen-bond acceptors (Lipinski definition) is 8. The average Bonchev–Trinajstić information content (AvgIpc) is 2.35. The third-order valence-corrected chi connectivity index (χ3v) is 4.14. The van der Waals surface area contributed by atoms with Crippen molar-refractivity contribution < 1.29 is 39.5 Å². The van der Waals surface area contributed by atoms with E-state index in [0.29, 0.717) is 0 Å². The summed E-state index contributed by atoms with van der Waals surface area (Å²) in [5, 5.41) is 41.5. The Morgan fingerprint density at radius 2 is 1.50 bits per heavy atom. The third kappa shape index (κ3) is 3.82. The third-order valence-electron chi connectivity index (χ3n) is 4.14. The maximum Gasteiger partial charge on any atom is 0.303 e. The van der Waals surface area contributed by atoms with Gasteiger partial charge in [-0.25, -0.2) is 0 Å². The van der Waals surface area contributed by atoms with E-state index in [1.165, 1.54) is 7.11 Å². The van der Waals surface area contributed by atoms with Crippen LogP contribution in [-0.2, 0) is 19.1 Å². The lowest BCUT2D eigenvalue weighted by Gasteiger charge is -2.50. The van der Waals surface area contributed by atoms with E-state index in [-0.39, 0.29) is 6.61 Å². The smallest absolute Gasteiger partial charge is 0.303 e. The van der Waals surface area contributed by atoms with Crippen LogP contribution in [0, 0.1) is 0 Å². The summed E-state index contributed by atoms with van der Waals surface area (Å²) in [6.45, 7) is 5.02. The summed E-state index contributed by atoms with van der Waals surface area (Å²) in [6.07, 6.45) is -3.29. The molecule has 0 amide bonds. The molecule has 0 aromatic heterocycles. The largest absolute Gasteiger partial charge is 0.457 e. The molecule has 22 heavy (non-hydrogen) atoms. The molecule has 0 aromatic rings. The van der Waals surface area contributed by atoms with Gasteiger partial charge in [-0.3, -0.25) is 9.59 Å². The molecule has 5 atom stereocenters. The first-order valence-corrected chi connectivity index (χ1v) is 6.75. The summed E-state index contributed by atoms with van der Waals surface area (Å²) in [7, 11) is 1.30. The molecule has 0 aliphatic heterocycles. The van der Waals surface area contributed by atoms with Gasteiger partial charge in [0.25, 0.3) is 0 Å². The predicted molar refractivity (Wildman–Crippen MR) is 76.0 cm³/mol. The normalized spacial score (nSPS) is 22.6. The molecular formula is C14H26O8. The number of carbonyl (C=O) groups is 2. The van der Waals surface area contributed by atoms with Crippen LogP contribution in [0.1, 0.15) is 34.6 Å². The monoisotopic (exact) mass is 322 g/mol. The minimum Gasteiger partial charge on any atom is -0.457 e. The first-order chi connectivity index (χ1) is 9.73. The van der Waals surface area contributed by atoms with E-state index in [2.05, 4.69) is 0 Å². The van der Waals surface area contributed by atoms with E-state index < -0.39 is 40.8 Å². The zero-order chi connectivity index (χ0) is 17.9. The van der Waals surface area contributed by atoms with E-state index in [9.17, 15) is 30.0 Å². The quantitative estimate of drug-likeness (QED) is 0.408. The number of ketones is 1. The SMILES string of the molecule is COCC(OC(C)=O)C(C)(O)C(C)(O)C(C)(O)C(O)C(C)=O. The second-order valence-electron chi connectivity index (χ2n) is 5.93. The molecule has 130 valence electrons. The van der Waals surface area contributed by atoms with Gasteiger partial charge >= 0.3 is 5.97 Å². The van der Waals surface area contributed by atoms with Crippen LogP contribution in [-0.4, -0.2) is 74.9 Å². The zero-order valence-corrected chi connectivity index (χ0v) is 13.8. The van der Waals surface area contributed by atoms with Gasteiger partial charge in [-0.15, -0.1) is 0 Å². The molecular weight excluding hydrogens is 296 g/mol. The van der Waals surface area contributed by atoms with E-state index in [0.717, 1.165) is 34.6 Å². The fourth-order valence-corrected chi connectivity index (χ4v) is 2.15. The fourth-order valence-electron chi connectivity index (χ4n) is 2.15. The van der Waals surface area contributed by atoms with Gasteiger partial charge in [0.15, 0.2) is 11.9 Å². The minimum atomic E-state index is -2.41. The summed E-state index contributed by atoms with van der Waals surface area (Å²) >= 11 is 0. The van der Waals surface area contributed by atoms with Crippen molar-refractivity contribution >= 4 is 11.8 Å². The average molecular weight is 322 g/mol. The number of Topliss-reactive ketones (excluding diaryl/α,β-unsaturated/α-hetero) is 1. The maximum absolute atomic E-state index is 11.3. The van der Waals surface area contributed by atoms with Crippen LogP contribution in [0.15, 0.2) is 0 Å². The number of aliphatic hydroxyl groups excluding tert-OH is 1. The molecule has 8 nitrogen and oxygen atoms in total. The van der Waals surface area contributed by atoms with Gasteiger partial charge in [0.1, 0.15) is 22.9 Å². The van der Waals surface area contributed by atoms with E-state index in [1.807, 2.05) is 0 Å². The van der Waals surface area contributed by atoms with Gasteiger partial charge in [-0.1, -0.05) is 0 Å². The number of carbonyl (C=O) groups excluding carboxylic acids is 2. The minimum absolute atomic E-state index is 0.269. The maximum atomic E-state index is 11.3. The predicted octanol–water partition coefficient (Wildman–Crippen LogP) is -1.23. The van der Waals surface area contributed by atoms with Crippen molar-refractivity contribution in [2.24, 2.45) is 0 Å². The molecule has 0 rings (SSSR count). The molecule has 0 heterocycles. The Kier molecular flexibility index (Phi) is 6.67. The van der Waals surface area contributed by atoms with Crippen molar-refractivity contribution in [1.29, 1.82) is 0 Å². The molecule has 8 heteroatoms. The number of ether oxygens (including phenoxy) is 2. The summed E-state index contributed by atoms with van der Waals surface area (Å²) in [4.78, 5) is 22.5. The van der Waals surface area contributed by atoms with E-state index >= 15 is 0 Å². The second kappa shape index (κ2) is 7.01. The van der Waals surface area contributed by atoms with Crippen LogP contribution in [0.4, 0.5) is 0 Å². The van der Waals surface area contributed by atoms with Gasteiger partial charge in [-0.2, -0.15) is 0 Å². The molecule has 4 N–H and O–H groups in total. The van der Waals surface area contributed by atoms with E-state index in [4.69, 9.17) is 9.47 Å². The van der Waals surface area contributed by atoms with Crippen molar-refractivity contribution in [3.8, 4) is 0 Å². The lowest BCUT2D eigenvalue weighted by molar-refractivity contribution is -0.279. The number of methoxy groups -OCH3 is 1. The molecule has 0 saturated heterocycles. The van der Waals surface area contributed by atoms with Gasteiger partial charge in [0, 0.05) is 14.0 Å². The summed E-state index contributed by atoms with van der Waals surface area (Å²) < 4.78 is 9.77. The van der Waals surface area contributed by atoms with Crippen molar-refractivity contribution in [3.63, 3.8) is 0 Å². The van der Waals surface area contributed by atoms with Gasteiger partial charge < -0.3 is 29.9 Å². The number of aliphatic hydroxyl groups is 4. The van der Waals surface area contributed by atoms with Crippen LogP contribution in [0.5, 0.6) is 0 Å². The highest BCUT2D eigenvalue weighted by atomic mass is 16.6. The van der Waals surface area contributed by atoms with Crippen LogP contribution in [0.3, 0.4) is 0 Å². The Morgan fingerprint density at radius 3 is 1.82 bits per heavy atom. The highest BCUT2D eigenvalue weighted by Crippen LogP contribution is 2.38. The van der Waals surface area contributed by atoms with Crippen LogP contribution in [0.25, 0.3) is 0 Å². The molecule has 0 aliphatic carbocycles. The number of hydrogen-bond donors (Lipinski definition) is 4. The first kappa shape index (κ1) is 20.9. The standard InChI is InChI=1S/C14H26O8/c1-8(15)11(17)13(4,19)14(5,20)12(3,18)10(7-21-6)22-9(2)16/h10-11,17-20H,7H2,1-6H3. The molecule has 0 radical (unpaired) electrons. The van der Waals surface area contributed by atoms with Crippen molar-refractivity contribution in [3.05, 3.63) is 0 Å². The molecule has 0 aromatic carbocycles. The molecule has 0 fully saturated rings. The van der Waals surface area contributed by atoms with E-state index in [1.54, 1.807) is 0 Å². The van der Waals surface area contributed by atoms with Crippen molar-refractivity contribution in [1.82, 2.24) is 0 Å². The summed E-state index contributed by atoms with van der Waals surface area (Å²) in [5.41, 5.74) is -7.05.